The van der Waals surface area contributed by atoms with Gasteiger partial charge >= 0.3 is 0 Å². The van der Waals surface area contributed by atoms with Crippen LogP contribution < -0.4 is 10.2 Å². The standard InChI is InChI=1S/C24H26N4O2S/c1-15-6-5-7-19(12-15)28-14-17(13-20(28)29)22-26-27-23(31-22)25-21(30)16-8-10-18(11-9-16)24(2,3)4/h5-12,17H,13-14H2,1-4H3,(H,25,27,30). The molecule has 1 atom stereocenters. The van der Waals surface area contributed by atoms with Crippen LogP contribution in [0.5, 0.6) is 0 Å². The van der Waals surface area contributed by atoms with Crippen molar-refractivity contribution in [3.05, 3.63) is 70.2 Å². The Kier molecular flexibility index (Phi) is 5.62. The highest BCUT2D eigenvalue weighted by Gasteiger charge is 2.34. The maximum absolute atomic E-state index is 12.6. The third kappa shape index (κ3) is 4.66. The van der Waals surface area contributed by atoms with Crippen LogP contribution in [0.1, 0.15) is 59.6 Å². The molecular formula is C24H26N4O2S. The largest absolute Gasteiger partial charge is 0.312 e. The van der Waals surface area contributed by atoms with Crippen molar-refractivity contribution in [3.8, 4) is 0 Å². The van der Waals surface area contributed by atoms with E-state index in [9.17, 15) is 9.59 Å². The lowest BCUT2D eigenvalue weighted by Crippen LogP contribution is -2.24. The van der Waals surface area contributed by atoms with Crippen LogP contribution in [0.4, 0.5) is 10.8 Å². The Bertz CT molecular complexity index is 1120. The Morgan fingerprint density at radius 1 is 1.13 bits per heavy atom. The fraction of sp³-hybridized carbons (Fsp3) is 0.333. The molecular weight excluding hydrogens is 408 g/mol. The summed E-state index contributed by atoms with van der Waals surface area (Å²) in [6.07, 6.45) is 0.394. The minimum absolute atomic E-state index is 0.0257. The number of hydrogen-bond acceptors (Lipinski definition) is 5. The van der Waals surface area contributed by atoms with E-state index in [0.717, 1.165) is 16.3 Å². The minimum atomic E-state index is -0.216. The molecule has 0 saturated carbocycles. The number of amides is 2. The highest BCUT2D eigenvalue weighted by atomic mass is 32.1. The van der Waals surface area contributed by atoms with Crippen molar-refractivity contribution in [3.63, 3.8) is 0 Å². The Morgan fingerprint density at radius 3 is 2.55 bits per heavy atom. The zero-order valence-electron chi connectivity index (χ0n) is 18.2. The van der Waals surface area contributed by atoms with Gasteiger partial charge < -0.3 is 4.90 Å². The van der Waals surface area contributed by atoms with Crippen molar-refractivity contribution in [2.75, 3.05) is 16.8 Å². The zero-order chi connectivity index (χ0) is 22.2. The fourth-order valence-corrected chi connectivity index (χ4v) is 4.49. The Hall–Kier alpha value is -3.06. The summed E-state index contributed by atoms with van der Waals surface area (Å²) < 4.78 is 0. The number of hydrogen-bond donors (Lipinski definition) is 1. The molecule has 2 amide bonds. The molecule has 0 spiro atoms. The van der Waals surface area contributed by atoms with Crippen LogP contribution in [0.3, 0.4) is 0 Å². The van der Waals surface area contributed by atoms with Crippen LogP contribution >= 0.6 is 11.3 Å². The maximum Gasteiger partial charge on any atom is 0.257 e. The van der Waals surface area contributed by atoms with Crippen molar-refractivity contribution in [1.82, 2.24) is 10.2 Å². The molecule has 2 heterocycles. The number of carbonyl (C=O) groups is 2. The van der Waals surface area contributed by atoms with Gasteiger partial charge in [0.25, 0.3) is 5.91 Å². The monoisotopic (exact) mass is 434 g/mol. The lowest BCUT2D eigenvalue weighted by atomic mass is 9.87. The summed E-state index contributed by atoms with van der Waals surface area (Å²) in [6.45, 7) is 8.99. The van der Waals surface area contributed by atoms with Gasteiger partial charge in [-0.25, -0.2) is 0 Å². The van der Waals surface area contributed by atoms with Crippen LogP contribution in [0.2, 0.25) is 0 Å². The molecule has 31 heavy (non-hydrogen) atoms. The van der Waals surface area contributed by atoms with Gasteiger partial charge in [-0.15, -0.1) is 10.2 Å². The number of rotatable bonds is 4. The quantitative estimate of drug-likeness (QED) is 0.633. The first kappa shape index (κ1) is 21.2. The second kappa shape index (κ2) is 8.23. The van der Waals surface area contributed by atoms with Crippen LogP contribution in [0, 0.1) is 6.92 Å². The summed E-state index contributed by atoms with van der Waals surface area (Å²) in [5, 5.41) is 12.4. The zero-order valence-corrected chi connectivity index (χ0v) is 19.0. The van der Waals surface area contributed by atoms with Gasteiger partial charge in [-0.2, -0.15) is 0 Å². The number of aryl methyl sites for hydroxylation is 1. The summed E-state index contributed by atoms with van der Waals surface area (Å²) in [6, 6.07) is 15.5. The Balaban J connectivity index is 1.43. The molecule has 1 aliphatic heterocycles. The molecule has 6 nitrogen and oxygen atoms in total. The third-order valence-electron chi connectivity index (χ3n) is 5.46. The normalized spacial score (nSPS) is 16.6. The summed E-state index contributed by atoms with van der Waals surface area (Å²) in [4.78, 5) is 26.9. The minimum Gasteiger partial charge on any atom is -0.312 e. The number of aromatic nitrogens is 2. The molecule has 160 valence electrons. The van der Waals surface area contributed by atoms with Crippen LogP contribution in [0.15, 0.2) is 48.5 Å². The molecule has 0 aliphatic carbocycles. The molecule has 1 fully saturated rings. The third-order valence-corrected chi connectivity index (χ3v) is 6.46. The van der Waals surface area contributed by atoms with Gasteiger partial charge in [0.1, 0.15) is 5.01 Å². The van der Waals surface area contributed by atoms with E-state index in [1.54, 1.807) is 4.90 Å². The molecule has 1 saturated heterocycles. The first-order chi connectivity index (χ1) is 14.7. The van der Waals surface area contributed by atoms with Gasteiger partial charge in [0.2, 0.25) is 11.0 Å². The predicted octanol–water partition coefficient (Wildman–Crippen LogP) is 4.92. The van der Waals surface area contributed by atoms with E-state index >= 15 is 0 Å². The molecule has 3 aromatic rings. The molecule has 1 aliphatic rings. The number of anilines is 2. The molecule has 4 rings (SSSR count). The maximum atomic E-state index is 12.6. The summed E-state index contributed by atoms with van der Waals surface area (Å²) in [5.74, 6) is -0.162. The van der Waals surface area contributed by atoms with E-state index in [0.29, 0.717) is 23.7 Å². The summed E-state index contributed by atoms with van der Waals surface area (Å²) in [5.41, 5.74) is 3.81. The van der Waals surface area contributed by atoms with Crippen LogP contribution in [-0.2, 0) is 10.2 Å². The van der Waals surface area contributed by atoms with E-state index in [1.807, 2.05) is 55.5 Å². The lowest BCUT2D eigenvalue weighted by molar-refractivity contribution is -0.117. The molecule has 0 bridgehead atoms. The first-order valence-electron chi connectivity index (χ1n) is 10.3. The molecule has 1 aromatic heterocycles. The van der Waals surface area contributed by atoms with E-state index in [2.05, 4.69) is 36.3 Å². The number of nitrogens with one attached hydrogen (secondary N) is 1. The highest BCUT2D eigenvalue weighted by Crippen LogP contribution is 2.34. The Morgan fingerprint density at radius 2 is 1.87 bits per heavy atom. The summed E-state index contributed by atoms with van der Waals surface area (Å²) in [7, 11) is 0. The second-order valence-corrected chi connectivity index (χ2v) is 9.98. The molecule has 7 heteroatoms. The van der Waals surface area contributed by atoms with Crippen molar-refractivity contribution in [2.45, 2.75) is 45.4 Å². The van der Waals surface area contributed by atoms with Gasteiger partial charge in [-0.05, 0) is 47.7 Å². The highest BCUT2D eigenvalue weighted by molar-refractivity contribution is 7.15. The van der Waals surface area contributed by atoms with Crippen LogP contribution in [0.25, 0.3) is 0 Å². The van der Waals surface area contributed by atoms with Crippen LogP contribution in [-0.4, -0.2) is 28.6 Å². The lowest BCUT2D eigenvalue weighted by Gasteiger charge is -2.18. The fourth-order valence-electron chi connectivity index (χ4n) is 3.66. The van der Waals surface area contributed by atoms with E-state index in [1.165, 1.54) is 16.9 Å². The summed E-state index contributed by atoms with van der Waals surface area (Å²) >= 11 is 1.33. The molecule has 2 aromatic carbocycles. The van der Waals surface area contributed by atoms with Gasteiger partial charge in [-0.1, -0.05) is 56.4 Å². The second-order valence-electron chi connectivity index (χ2n) is 8.97. The first-order valence-corrected chi connectivity index (χ1v) is 11.1. The Labute approximate surface area is 186 Å². The number of benzene rings is 2. The average Bonchev–Trinajstić information content (AvgIpc) is 3.34. The molecule has 1 N–H and O–H groups in total. The molecule has 0 radical (unpaired) electrons. The van der Waals surface area contributed by atoms with Gasteiger partial charge in [0.05, 0.1) is 0 Å². The SMILES string of the molecule is Cc1cccc(N2CC(c3nnc(NC(=O)c4ccc(C(C)(C)C)cc4)s3)CC2=O)c1. The van der Waals surface area contributed by atoms with Crippen molar-refractivity contribution in [2.24, 2.45) is 0 Å². The smallest absolute Gasteiger partial charge is 0.257 e. The van der Waals surface area contributed by atoms with E-state index < -0.39 is 0 Å². The van der Waals surface area contributed by atoms with Crippen molar-refractivity contribution in [1.29, 1.82) is 0 Å². The van der Waals surface area contributed by atoms with Crippen molar-refractivity contribution >= 4 is 34.0 Å². The van der Waals surface area contributed by atoms with Gasteiger partial charge in [0.15, 0.2) is 0 Å². The molecule has 1 unspecified atom stereocenters. The topological polar surface area (TPSA) is 75.2 Å². The average molecular weight is 435 g/mol. The number of carbonyl (C=O) groups excluding carboxylic acids is 2. The number of nitrogens with zero attached hydrogens (tertiary/aromatic N) is 3. The van der Waals surface area contributed by atoms with E-state index in [-0.39, 0.29) is 23.1 Å². The van der Waals surface area contributed by atoms with Gasteiger partial charge in [0, 0.05) is 30.1 Å². The predicted molar refractivity (Wildman–Crippen MR) is 124 cm³/mol. The van der Waals surface area contributed by atoms with E-state index in [4.69, 9.17) is 0 Å². The van der Waals surface area contributed by atoms with Gasteiger partial charge in [-0.3, -0.25) is 14.9 Å². The van der Waals surface area contributed by atoms with Crippen molar-refractivity contribution < 1.29 is 9.59 Å².